The van der Waals surface area contributed by atoms with E-state index in [-0.39, 0.29) is 16.3 Å². The first-order valence-corrected chi connectivity index (χ1v) is 8.95. The van der Waals surface area contributed by atoms with E-state index in [2.05, 4.69) is 9.71 Å². The maximum absolute atomic E-state index is 12.8. The number of nitrogens with one attached hydrogen (secondary N) is 1. The third-order valence-electron chi connectivity index (χ3n) is 2.80. The average Bonchev–Trinajstić information content (AvgIpc) is 2.46. The molecule has 0 amide bonds. The van der Waals surface area contributed by atoms with Crippen LogP contribution in [0.1, 0.15) is 11.3 Å². The maximum Gasteiger partial charge on any atom is 0.332 e. The van der Waals surface area contributed by atoms with Crippen molar-refractivity contribution in [2.75, 3.05) is 4.72 Å². The van der Waals surface area contributed by atoms with Crippen molar-refractivity contribution in [2.45, 2.75) is 16.7 Å². The summed E-state index contributed by atoms with van der Waals surface area (Å²) in [7, 11) is -9.02. The number of aromatic nitrogens is 1. The minimum atomic E-state index is -4.91. The molecule has 0 fully saturated rings. The van der Waals surface area contributed by atoms with Gasteiger partial charge in [0.15, 0.2) is 5.82 Å². The standard InChI is InChI=1S/C13H10FN3O4S2/c1-9-2-3-10(8-15)13(16-9)17-23(20,21)12-6-4-11(5-7-12)22(14,18)19/h2-7H,1H3,(H,16,17). The summed E-state index contributed by atoms with van der Waals surface area (Å²) in [5.41, 5.74) is 0.530. The van der Waals surface area contributed by atoms with Crippen molar-refractivity contribution in [1.82, 2.24) is 4.98 Å². The third-order valence-corrected chi connectivity index (χ3v) is 4.99. The number of halogens is 1. The van der Waals surface area contributed by atoms with Crippen molar-refractivity contribution in [3.05, 3.63) is 47.7 Å². The summed E-state index contributed by atoms with van der Waals surface area (Å²) >= 11 is 0. The molecule has 2 aromatic rings. The van der Waals surface area contributed by atoms with Crippen molar-refractivity contribution in [2.24, 2.45) is 0 Å². The molecule has 1 heterocycles. The Kier molecular flexibility index (Phi) is 4.35. The second-order valence-electron chi connectivity index (χ2n) is 4.48. The summed E-state index contributed by atoms with van der Waals surface area (Å²) < 4.78 is 60.9. The van der Waals surface area contributed by atoms with Crippen LogP contribution in [0.25, 0.3) is 0 Å². The van der Waals surface area contributed by atoms with Gasteiger partial charge in [0.1, 0.15) is 6.07 Å². The molecule has 0 spiro atoms. The lowest BCUT2D eigenvalue weighted by Crippen LogP contribution is -2.15. The molecule has 0 atom stereocenters. The minimum Gasteiger partial charge on any atom is -0.262 e. The number of pyridine rings is 1. The van der Waals surface area contributed by atoms with Crippen LogP contribution in [-0.4, -0.2) is 21.8 Å². The van der Waals surface area contributed by atoms with Crippen molar-refractivity contribution in [1.29, 1.82) is 5.26 Å². The molecular weight excluding hydrogens is 345 g/mol. The van der Waals surface area contributed by atoms with Crippen LogP contribution in [0.5, 0.6) is 0 Å². The first-order chi connectivity index (χ1) is 10.6. The zero-order valence-corrected chi connectivity index (χ0v) is 13.3. The quantitative estimate of drug-likeness (QED) is 0.835. The Balaban J connectivity index is 2.40. The molecule has 23 heavy (non-hydrogen) atoms. The predicted molar refractivity (Wildman–Crippen MR) is 79.2 cm³/mol. The van der Waals surface area contributed by atoms with E-state index in [9.17, 15) is 20.7 Å². The topological polar surface area (TPSA) is 117 Å². The highest BCUT2D eigenvalue weighted by Crippen LogP contribution is 2.20. The lowest BCUT2D eigenvalue weighted by Gasteiger charge is -2.09. The first-order valence-electron chi connectivity index (χ1n) is 6.09. The van der Waals surface area contributed by atoms with E-state index in [0.717, 1.165) is 24.3 Å². The van der Waals surface area contributed by atoms with Crippen molar-refractivity contribution >= 4 is 26.1 Å². The van der Waals surface area contributed by atoms with Gasteiger partial charge in [-0.2, -0.15) is 13.7 Å². The number of rotatable bonds is 4. The van der Waals surface area contributed by atoms with Gasteiger partial charge in [0.05, 0.1) is 15.4 Å². The van der Waals surface area contributed by atoms with Crippen molar-refractivity contribution in [3.8, 4) is 6.07 Å². The van der Waals surface area contributed by atoms with E-state index in [1.54, 1.807) is 13.0 Å². The number of hydrogen-bond acceptors (Lipinski definition) is 6. The summed E-state index contributed by atoms with van der Waals surface area (Å²) in [6.45, 7) is 1.62. The Morgan fingerprint density at radius 3 is 2.13 bits per heavy atom. The van der Waals surface area contributed by atoms with Gasteiger partial charge in [-0.25, -0.2) is 13.4 Å². The summed E-state index contributed by atoms with van der Waals surface area (Å²) in [6.07, 6.45) is 0. The summed E-state index contributed by atoms with van der Waals surface area (Å²) in [4.78, 5) is 3.00. The van der Waals surface area contributed by atoms with E-state index in [1.807, 2.05) is 6.07 Å². The maximum atomic E-state index is 12.8. The van der Waals surface area contributed by atoms with Gasteiger partial charge >= 0.3 is 10.2 Å². The molecule has 1 aromatic carbocycles. The molecule has 120 valence electrons. The highest BCUT2D eigenvalue weighted by Gasteiger charge is 2.19. The Hall–Kier alpha value is -2.51. The van der Waals surface area contributed by atoms with Crippen LogP contribution < -0.4 is 4.72 Å². The monoisotopic (exact) mass is 355 g/mol. The number of benzene rings is 1. The molecule has 0 bridgehead atoms. The molecule has 0 aliphatic heterocycles. The summed E-state index contributed by atoms with van der Waals surface area (Å²) in [5, 5.41) is 8.97. The number of nitriles is 1. The first kappa shape index (κ1) is 16.9. The highest BCUT2D eigenvalue weighted by molar-refractivity contribution is 7.92. The summed E-state index contributed by atoms with van der Waals surface area (Å²) in [6, 6.07) is 8.32. The zero-order valence-electron chi connectivity index (χ0n) is 11.7. The molecule has 0 aliphatic rings. The van der Waals surface area contributed by atoms with Crippen LogP contribution in [-0.2, 0) is 20.2 Å². The van der Waals surface area contributed by atoms with E-state index in [4.69, 9.17) is 5.26 Å². The van der Waals surface area contributed by atoms with Gasteiger partial charge in [-0.15, -0.1) is 3.89 Å². The second kappa shape index (κ2) is 5.94. The van der Waals surface area contributed by atoms with E-state index < -0.39 is 25.1 Å². The fraction of sp³-hybridized carbons (Fsp3) is 0.0769. The normalized spacial score (nSPS) is 11.7. The zero-order chi connectivity index (χ0) is 17.3. The molecule has 0 saturated heterocycles. The van der Waals surface area contributed by atoms with Crippen molar-refractivity contribution < 1.29 is 20.7 Å². The molecule has 1 aromatic heterocycles. The van der Waals surface area contributed by atoms with Gasteiger partial charge < -0.3 is 0 Å². The van der Waals surface area contributed by atoms with E-state index in [0.29, 0.717) is 5.69 Å². The molecule has 0 radical (unpaired) electrons. The molecule has 10 heteroatoms. The Labute approximate surface area is 132 Å². The molecule has 1 N–H and O–H groups in total. The predicted octanol–water partition coefficient (Wildman–Crippen LogP) is 1.72. The number of hydrogen-bond donors (Lipinski definition) is 1. The van der Waals surface area contributed by atoms with Gasteiger partial charge in [-0.05, 0) is 43.3 Å². The van der Waals surface area contributed by atoms with Gasteiger partial charge in [-0.3, -0.25) is 4.72 Å². The number of aryl methyl sites for hydroxylation is 1. The lowest BCUT2D eigenvalue weighted by molar-refractivity contribution is 0.551. The van der Waals surface area contributed by atoms with Crippen LogP contribution in [0.4, 0.5) is 9.70 Å². The average molecular weight is 355 g/mol. The summed E-state index contributed by atoms with van der Waals surface area (Å²) in [5.74, 6) is -0.144. The molecule has 0 aliphatic carbocycles. The van der Waals surface area contributed by atoms with Crippen LogP contribution in [0.3, 0.4) is 0 Å². The highest BCUT2D eigenvalue weighted by atomic mass is 32.3. The smallest absolute Gasteiger partial charge is 0.262 e. The van der Waals surface area contributed by atoms with Crippen LogP contribution in [0.15, 0.2) is 46.2 Å². The second-order valence-corrected chi connectivity index (χ2v) is 7.50. The lowest BCUT2D eigenvalue weighted by atomic mass is 10.2. The fourth-order valence-electron chi connectivity index (χ4n) is 1.69. The molecule has 2 rings (SSSR count). The van der Waals surface area contributed by atoms with Gasteiger partial charge in [-0.1, -0.05) is 0 Å². The Bertz CT molecular complexity index is 995. The molecule has 0 saturated carbocycles. The van der Waals surface area contributed by atoms with E-state index in [1.165, 1.54) is 6.07 Å². The molecular formula is C13H10FN3O4S2. The minimum absolute atomic E-state index is 0.0298. The molecule has 7 nitrogen and oxygen atoms in total. The SMILES string of the molecule is Cc1ccc(C#N)c(NS(=O)(=O)c2ccc(S(=O)(=O)F)cc2)n1. The fourth-order valence-corrected chi connectivity index (χ4v) is 3.18. The van der Waals surface area contributed by atoms with Gasteiger partial charge in [0, 0.05) is 5.69 Å². The number of anilines is 1. The Morgan fingerprint density at radius 2 is 1.61 bits per heavy atom. The van der Waals surface area contributed by atoms with Crippen LogP contribution in [0.2, 0.25) is 0 Å². The number of nitrogens with zero attached hydrogens (tertiary/aromatic N) is 2. The van der Waals surface area contributed by atoms with Gasteiger partial charge in [0.25, 0.3) is 10.0 Å². The largest absolute Gasteiger partial charge is 0.332 e. The third kappa shape index (κ3) is 3.82. The van der Waals surface area contributed by atoms with Gasteiger partial charge in [0.2, 0.25) is 0 Å². The molecule has 0 unspecified atom stereocenters. The van der Waals surface area contributed by atoms with Crippen molar-refractivity contribution in [3.63, 3.8) is 0 Å². The number of sulfonamides is 1. The van der Waals surface area contributed by atoms with E-state index >= 15 is 0 Å². The van der Waals surface area contributed by atoms with Crippen LogP contribution in [0, 0.1) is 18.3 Å². The van der Waals surface area contributed by atoms with Crippen LogP contribution >= 0.6 is 0 Å². The Morgan fingerprint density at radius 1 is 1.04 bits per heavy atom.